The lowest BCUT2D eigenvalue weighted by Crippen LogP contribution is -2.30. The van der Waals surface area contributed by atoms with Crippen molar-refractivity contribution in [2.45, 2.75) is 334 Å². The minimum atomic E-state index is -4.96. The molecule has 0 aromatic heterocycles. The van der Waals surface area contributed by atoms with Crippen LogP contribution in [-0.2, 0) is 55.8 Å². The monoisotopic (exact) mass is 1610 g/mol. The van der Waals surface area contributed by atoms with E-state index in [2.05, 4.69) is 227 Å². The van der Waals surface area contributed by atoms with Crippen LogP contribution in [0.4, 0.5) is 0 Å². The van der Waals surface area contributed by atoms with E-state index < -0.39 is 91.5 Å². The Hall–Kier alpha value is -5.87. The second-order valence-corrected chi connectivity index (χ2v) is 31.1. The van der Waals surface area contributed by atoms with Gasteiger partial charge in [0.2, 0.25) is 0 Å². The standard InChI is InChI=1S/C95H154O16P2/c1-4-7-10-13-16-19-22-25-28-31-34-37-40-41-42-43-44-45-46-47-50-52-54-57-60-63-66-69-72-75-78-81-93(98)105-84-90(96)85-107-112(101,102)108-86-91(97)87-109-113(103,104)110-89-92(111-95(100)83-80-77-74-71-68-65-62-59-56-53-49-39-36-33-30-27-24-21-18-15-12-9-6-3)88-106-94(99)82-79-76-73-70-67-64-61-58-55-51-48-38-35-32-29-26-23-20-17-14-11-8-5-2/h7-12,16-21,25-30,34-39,41-42,51,53,55-56,61-62,64-65,90-92,96-97H,4-6,13-15,22-24,31-33,40,43-50,52,54,57-60,63,66-89H2,1-3H3,(H,101,102)(H,103,104)/b10-7-,11-8-,12-9-,19-16-,20-17-,21-18-,28-25-,29-26-,30-27-,37-34-,38-35-,39-36-,42-41-,55-51-,56-53-,64-61-,65-62-. The first kappa shape index (κ1) is 107. The third kappa shape index (κ3) is 86.8. The number of carbonyl (C=O) groups excluding carboxylic acids is 3. The van der Waals surface area contributed by atoms with Crippen molar-refractivity contribution in [1.29, 1.82) is 0 Å². The Kier molecular flexibility index (Phi) is 81.1. The van der Waals surface area contributed by atoms with E-state index in [1.54, 1.807) is 0 Å². The van der Waals surface area contributed by atoms with Gasteiger partial charge >= 0.3 is 33.6 Å². The van der Waals surface area contributed by atoms with Crippen LogP contribution in [0.15, 0.2) is 207 Å². The summed E-state index contributed by atoms with van der Waals surface area (Å²) >= 11 is 0. The van der Waals surface area contributed by atoms with Crippen LogP contribution in [0.2, 0.25) is 0 Å². The lowest BCUT2D eigenvalue weighted by molar-refractivity contribution is -0.161. The van der Waals surface area contributed by atoms with E-state index in [4.69, 9.17) is 32.3 Å². The van der Waals surface area contributed by atoms with Gasteiger partial charge in [-0.1, -0.05) is 337 Å². The number of aliphatic hydroxyl groups is 2. The molecule has 0 saturated heterocycles. The number of phosphoric ester groups is 2. The molecule has 0 aliphatic carbocycles. The van der Waals surface area contributed by atoms with Crippen LogP contribution in [-0.4, -0.2) is 95.9 Å². The molecule has 0 aromatic rings. The molecule has 0 fully saturated rings. The average molecular weight is 1610 g/mol. The van der Waals surface area contributed by atoms with E-state index in [-0.39, 0.29) is 19.3 Å². The highest BCUT2D eigenvalue weighted by molar-refractivity contribution is 7.47. The summed E-state index contributed by atoms with van der Waals surface area (Å²) in [6.07, 6.45) is 114. The van der Waals surface area contributed by atoms with Crippen molar-refractivity contribution < 1.29 is 75.8 Å². The van der Waals surface area contributed by atoms with Gasteiger partial charge in [0.05, 0.1) is 26.4 Å². The lowest BCUT2D eigenvalue weighted by Gasteiger charge is -2.21. The largest absolute Gasteiger partial charge is 0.472 e. The van der Waals surface area contributed by atoms with Gasteiger partial charge in [-0.15, -0.1) is 0 Å². The van der Waals surface area contributed by atoms with Crippen molar-refractivity contribution in [2.24, 2.45) is 0 Å². The van der Waals surface area contributed by atoms with Crippen molar-refractivity contribution >= 4 is 33.6 Å². The molecule has 18 heteroatoms. The zero-order valence-electron chi connectivity index (χ0n) is 70.2. The lowest BCUT2D eigenvalue weighted by atomic mass is 10.0. The fraction of sp³-hybridized carbons (Fsp3) is 0.611. The predicted molar refractivity (Wildman–Crippen MR) is 472 cm³/mol. The molecule has 0 spiro atoms. The summed E-state index contributed by atoms with van der Waals surface area (Å²) in [5.74, 6) is -1.64. The summed E-state index contributed by atoms with van der Waals surface area (Å²) in [5, 5.41) is 20.7. The van der Waals surface area contributed by atoms with Crippen LogP contribution in [0, 0.1) is 0 Å². The van der Waals surface area contributed by atoms with Gasteiger partial charge in [0.1, 0.15) is 25.4 Å². The molecule has 0 bridgehead atoms. The molecule has 0 aromatic carbocycles. The zero-order valence-corrected chi connectivity index (χ0v) is 72.0. The van der Waals surface area contributed by atoms with Crippen molar-refractivity contribution in [3.05, 3.63) is 207 Å². The Morgan fingerprint density at radius 2 is 0.442 bits per heavy atom. The second-order valence-electron chi connectivity index (χ2n) is 28.2. The van der Waals surface area contributed by atoms with Crippen LogP contribution in [0.1, 0.15) is 316 Å². The van der Waals surface area contributed by atoms with Gasteiger partial charge in [0, 0.05) is 19.3 Å². The molecule has 5 unspecified atom stereocenters. The van der Waals surface area contributed by atoms with Gasteiger partial charge in [0.25, 0.3) is 0 Å². The Morgan fingerprint density at radius 1 is 0.248 bits per heavy atom. The Morgan fingerprint density at radius 3 is 0.699 bits per heavy atom. The summed E-state index contributed by atoms with van der Waals surface area (Å²) in [7, 11) is -9.84. The van der Waals surface area contributed by atoms with Gasteiger partial charge < -0.3 is 34.2 Å². The average Bonchev–Trinajstić information content (AvgIpc) is 0.902. The first-order valence-corrected chi connectivity index (χ1v) is 46.4. The van der Waals surface area contributed by atoms with Gasteiger partial charge in [-0.2, -0.15) is 0 Å². The van der Waals surface area contributed by atoms with Gasteiger partial charge in [-0.25, -0.2) is 9.13 Å². The number of hydrogen-bond acceptors (Lipinski definition) is 14. The third-order valence-corrected chi connectivity index (χ3v) is 19.4. The molecule has 640 valence electrons. The Balaban J connectivity index is 4.67. The number of unbranched alkanes of at least 4 members (excludes halogenated alkanes) is 23. The number of allylic oxidation sites excluding steroid dienone is 34. The minimum absolute atomic E-state index is 0.0598. The topological polar surface area (TPSA) is 231 Å². The van der Waals surface area contributed by atoms with E-state index in [0.717, 1.165) is 180 Å². The van der Waals surface area contributed by atoms with Crippen LogP contribution < -0.4 is 0 Å². The molecule has 0 saturated carbocycles. The molecular formula is C95H154O16P2. The first-order chi connectivity index (χ1) is 55.2. The summed E-state index contributed by atoms with van der Waals surface area (Å²) in [4.78, 5) is 58.9. The molecule has 0 rings (SSSR count). The van der Waals surface area contributed by atoms with Gasteiger partial charge in [-0.05, 0) is 167 Å². The van der Waals surface area contributed by atoms with E-state index in [1.165, 1.54) is 77.0 Å². The number of rotatable bonds is 80. The summed E-state index contributed by atoms with van der Waals surface area (Å²) < 4.78 is 61.3. The van der Waals surface area contributed by atoms with Crippen molar-refractivity contribution in [2.75, 3.05) is 39.6 Å². The number of hydrogen-bond donors (Lipinski definition) is 4. The fourth-order valence-electron chi connectivity index (χ4n) is 11.0. The smallest absolute Gasteiger partial charge is 0.463 e. The summed E-state index contributed by atoms with van der Waals surface area (Å²) in [6, 6.07) is 0. The molecular weight excluding hydrogens is 1460 g/mol. The Labute approximate surface area is 686 Å². The zero-order chi connectivity index (χ0) is 82.2. The molecule has 113 heavy (non-hydrogen) atoms. The van der Waals surface area contributed by atoms with Gasteiger partial charge in [-0.3, -0.25) is 32.5 Å². The molecule has 0 amide bonds. The van der Waals surface area contributed by atoms with Crippen molar-refractivity contribution in [3.63, 3.8) is 0 Å². The maximum absolute atomic E-state index is 13.0. The molecule has 0 radical (unpaired) electrons. The van der Waals surface area contributed by atoms with E-state index in [0.29, 0.717) is 19.3 Å². The predicted octanol–water partition coefficient (Wildman–Crippen LogP) is 26.4. The van der Waals surface area contributed by atoms with Crippen LogP contribution >= 0.6 is 15.6 Å². The summed E-state index contributed by atoms with van der Waals surface area (Å²) in [6.45, 7) is 2.28. The maximum Gasteiger partial charge on any atom is 0.472 e. The van der Waals surface area contributed by atoms with E-state index in [9.17, 15) is 43.5 Å². The second kappa shape index (κ2) is 85.5. The minimum Gasteiger partial charge on any atom is -0.463 e. The van der Waals surface area contributed by atoms with Gasteiger partial charge in [0.15, 0.2) is 6.10 Å². The van der Waals surface area contributed by atoms with Crippen LogP contribution in [0.3, 0.4) is 0 Å². The molecule has 16 nitrogen and oxygen atoms in total. The normalized spacial score (nSPS) is 14.9. The molecule has 4 N–H and O–H groups in total. The number of ether oxygens (including phenoxy) is 3. The van der Waals surface area contributed by atoms with Crippen LogP contribution in [0.25, 0.3) is 0 Å². The summed E-state index contributed by atoms with van der Waals surface area (Å²) in [5.41, 5.74) is 0. The highest BCUT2D eigenvalue weighted by Crippen LogP contribution is 2.45. The van der Waals surface area contributed by atoms with Crippen molar-refractivity contribution in [1.82, 2.24) is 0 Å². The van der Waals surface area contributed by atoms with E-state index in [1.807, 2.05) is 0 Å². The molecule has 0 heterocycles. The molecule has 0 aliphatic heterocycles. The maximum atomic E-state index is 13.0. The number of carbonyl (C=O) groups is 3. The highest BCUT2D eigenvalue weighted by Gasteiger charge is 2.29. The number of aliphatic hydroxyl groups excluding tert-OH is 2. The highest BCUT2D eigenvalue weighted by atomic mass is 31.2. The quantitative estimate of drug-likeness (QED) is 0.0146. The Bertz CT molecular complexity index is 2880. The molecule has 0 aliphatic rings. The van der Waals surface area contributed by atoms with Crippen molar-refractivity contribution in [3.8, 4) is 0 Å². The fourth-order valence-corrected chi connectivity index (χ4v) is 12.6. The first-order valence-electron chi connectivity index (χ1n) is 43.4. The molecule has 5 atom stereocenters. The number of esters is 3. The SMILES string of the molecule is CC/C=C\C/C=C\C/C=C\C/C=C\C/C=C\C/C=C\CCCCCCC(=O)OCC(COP(=O)(O)OCC(O)COP(=O)(O)OCC(O)COC(=O)CCCCCCCCCCCCCCCCC/C=C\C/C=C\C/C=C\C/C=C\C/C=C\CC)OC(=O)CCCCCC/C=C\C/C=C\C/C=C\C/C=C\C/C=C\C/C=C\CC. The third-order valence-electron chi connectivity index (χ3n) is 17.5. The van der Waals surface area contributed by atoms with Crippen LogP contribution in [0.5, 0.6) is 0 Å². The number of phosphoric acid groups is 2. The van der Waals surface area contributed by atoms with E-state index >= 15 is 0 Å².